The van der Waals surface area contributed by atoms with E-state index in [2.05, 4.69) is 28.9 Å². The Hall–Kier alpha value is -0.600. The predicted molar refractivity (Wildman–Crippen MR) is 64.2 cm³/mol. The predicted octanol–water partition coefficient (Wildman–Crippen LogP) is 3.54. The average molecular weight is 255 g/mol. The number of benzene rings is 1. The summed E-state index contributed by atoms with van der Waals surface area (Å²) < 4.78 is 1.12. The second kappa shape index (κ2) is 4.76. The Morgan fingerprint density at radius 1 is 1.50 bits per heavy atom. The van der Waals surface area contributed by atoms with Crippen molar-refractivity contribution in [2.75, 3.05) is 0 Å². The summed E-state index contributed by atoms with van der Waals surface area (Å²) in [6.45, 7) is 5.76. The van der Waals surface area contributed by atoms with E-state index in [-0.39, 0.29) is 6.10 Å². The number of aliphatic hydroxyl groups excluding tert-OH is 1. The Labute approximate surface area is 93.6 Å². The third-order valence-electron chi connectivity index (χ3n) is 2.24. The van der Waals surface area contributed by atoms with Gasteiger partial charge in [0.2, 0.25) is 0 Å². The molecule has 1 unspecified atom stereocenters. The molecule has 0 amide bonds. The molecular weight excluding hydrogens is 240 g/mol. The van der Waals surface area contributed by atoms with Gasteiger partial charge in [0.25, 0.3) is 0 Å². The molecule has 0 radical (unpaired) electrons. The molecule has 0 aromatic heterocycles. The Morgan fingerprint density at radius 2 is 2.14 bits per heavy atom. The van der Waals surface area contributed by atoms with E-state index in [0.717, 1.165) is 15.6 Å². The quantitative estimate of drug-likeness (QED) is 0.856. The first-order valence-electron chi connectivity index (χ1n) is 4.63. The minimum absolute atomic E-state index is 0.376. The fourth-order valence-electron chi connectivity index (χ4n) is 1.14. The number of aryl methyl sites for hydroxylation is 1. The van der Waals surface area contributed by atoms with Crippen LogP contribution in [-0.4, -0.2) is 11.2 Å². The summed E-state index contributed by atoms with van der Waals surface area (Å²) in [5.74, 6) is 0. The molecule has 0 aliphatic carbocycles. The summed E-state index contributed by atoms with van der Waals surface area (Å²) in [5, 5.41) is 9.33. The van der Waals surface area contributed by atoms with Gasteiger partial charge in [-0.05, 0) is 43.5 Å². The minimum atomic E-state index is -0.376. The van der Waals surface area contributed by atoms with Crippen LogP contribution in [0.15, 0.2) is 28.2 Å². The molecule has 2 heteroatoms. The van der Waals surface area contributed by atoms with Gasteiger partial charge in [0.1, 0.15) is 0 Å². The molecule has 1 aromatic rings. The molecule has 1 nitrogen and oxygen atoms in total. The molecule has 1 N–H and O–H groups in total. The standard InChI is InChI=1S/C12H15BrO/c1-8(10(3)14)6-11-4-5-12(13)9(2)7-11/h4-7,10,14H,1-3H3/b8-6+. The average Bonchev–Trinajstić information content (AvgIpc) is 2.11. The van der Waals surface area contributed by atoms with E-state index in [1.807, 2.05) is 25.1 Å². The van der Waals surface area contributed by atoms with Gasteiger partial charge in [0.15, 0.2) is 0 Å². The van der Waals surface area contributed by atoms with Crippen LogP contribution in [0.1, 0.15) is 25.0 Å². The molecule has 0 saturated heterocycles. The van der Waals surface area contributed by atoms with Crippen molar-refractivity contribution in [1.82, 2.24) is 0 Å². The van der Waals surface area contributed by atoms with Crippen molar-refractivity contribution in [1.29, 1.82) is 0 Å². The van der Waals surface area contributed by atoms with Gasteiger partial charge in [-0.2, -0.15) is 0 Å². The third kappa shape index (κ3) is 2.96. The molecule has 14 heavy (non-hydrogen) atoms. The molecule has 0 saturated carbocycles. The van der Waals surface area contributed by atoms with E-state index in [1.165, 1.54) is 5.56 Å². The molecule has 1 atom stereocenters. The van der Waals surface area contributed by atoms with E-state index in [4.69, 9.17) is 0 Å². The highest BCUT2D eigenvalue weighted by atomic mass is 79.9. The fourth-order valence-corrected chi connectivity index (χ4v) is 1.39. The lowest BCUT2D eigenvalue weighted by molar-refractivity contribution is 0.232. The number of halogens is 1. The largest absolute Gasteiger partial charge is 0.389 e. The van der Waals surface area contributed by atoms with Crippen molar-refractivity contribution in [3.8, 4) is 0 Å². The van der Waals surface area contributed by atoms with Crippen LogP contribution in [0.3, 0.4) is 0 Å². The van der Waals surface area contributed by atoms with Crippen LogP contribution in [0.5, 0.6) is 0 Å². The Balaban J connectivity index is 2.98. The van der Waals surface area contributed by atoms with E-state index >= 15 is 0 Å². The fraction of sp³-hybridized carbons (Fsp3) is 0.333. The third-order valence-corrected chi connectivity index (χ3v) is 3.13. The maximum atomic E-state index is 9.33. The highest BCUT2D eigenvalue weighted by Gasteiger charge is 1.99. The molecule has 0 fully saturated rings. The molecule has 0 aliphatic rings. The minimum Gasteiger partial charge on any atom is -0.389 e. The maximum absolute atomic E-state index is 9.33. The summed E-state index contributed by atoms with van der Waals surface area (Å²) in [6, 6.07) is 6.15. The first-order chi connectivity index (χ1) is 6.50. The maximum Gasteiger partial charge on any atom is 0.0722 e. The van der Waals surface area contributed by atoms with Crippen LogP contribution in [0, 0.1) is 6.92 Å². The lowest BCUT2D eigenvalue weighted by Gasteiger charge is -2.05. The molecule has 1 aromatic carbocycles. The number of hydrogen-bond acceptors (Lipinski definition) is 1. The zero-order chi connectivity index (χ0) is 10.7. The van der Waals surface area contributed by atoms with Crippen LogP contribution in [-0.2, 0) is 0 Å². The van der Waals surface area contributed by atoms with Crippen LogP contribution in [0.25, 0.3) is 6.08 Å². The second-order valence-corrected chi connectivity index (χ2v) is 4.43. The lowest BCUT2D eigenvalue weighted by Crippen LogP contribution is -2.00. The second-order valence-electron chi connectivity index (χ2n) is 3.57. The number of aliphatic hydroxyl groups is 1. The first-order valence-corrected chi connectivity index (χ1v) is 5.42. The molecule has 0 aliphatic heterocycles. The topological polar surface area (TPSA) is 20.2 Å². The van der Waals surface area contributed by atoms with E-state index in [9.17, 15) is 5.11 Å². The Morgan fingerprint density at radius 3 is 2.64 bits per heavy atom. The molecule has 0 heterocycles. The molecule has 0 spiro atoms. The molecule has 1 rings (SSSR count). The van der Waals surface area contributed by atoms with Crippen molar-refractivity contribution >= 4 is 22.0 Å². The van der Waals surface area contributed by atoms with Crippen molar-refractivity contribution in [3.63, 3.8) is 0 Å². The number of hydrogen-bond donors (Lipinski definition) is 1. The van der Waals surface area contributed by atoms with Gasteiger partial charge in [-0.1, -0.05) is 34.1 Å². The van der Waals surface area contributed by atoms with Gasteiger partial charge in [-0.15, -0.1) is 0 Å². The van der Waals surface area contributed by atoms with Gasteiger partial charge < -0.3 is 5.11 Å². The van der Waals surface area contributed by atoms with E-state index in [1.54, 1.807) is 6.92 Å². The van der Waals surface area contributed by atoms with Crippen LogP contribution in [0.4, 0.5) is 0 Å². The van der Waals surface area contributed by atoms with Crippen LogP contribution >= 0.6 is 15.9 Å². The van der Waals surface area contributed by atoms with Crippen LogP contribution in [0.2, 0.25) is 0 Å². The van der Waals surface area contributed by atoms with Gasteiger partial charge in [0.05, 0.1) is 6.10 Å². The monoisotopic (exact) mass is 254 g/mol. The summed E-state index contributed by atoms with van der Waals surface area (Å²) in [5.41, 5.74) is 3.31. The smallest absolute Gasteiger partial charge is 0.0722 e. The Kier molecular flexibility index (Phi) is 3.90. The SMILES string of the molecule is C/C(=C\c1ccc(Br)c(C)c1)C(C)O. The molecule has 0 bridgehead atoms. The van der Waals surface area contributed by atoms with Gasteiger partial charge in [-0.25, -0.2) is 0 Å². The van der Waals surface area contributed by atoms with E-state index in [0.29, 0.717) is 0 Å². The van der Waals surface area contributed by atoms with Gasteiger partial charge >= 0.3 is 0 Å². The van der Waals surface area contributed by atoms with Crippen molar-refractivity contribution in [3.05, 3.63) is 39.4 Å². The Bertz CT molecular complexity index is 353. The zero-order valence-electron chi connectivity index (χ0n) is 8.71. The van der Waals surface area contributed by atoms with Gasteiger partial charge in [-0.3, -0.25) is 0 Å². The summed E-state index contributed by atoms with van der Waals surface area (Å²) >= 11 is 3.45. The van der Waals surface area contributed by atoms with E-state index < -0.39 is 0 Å². The summed E-state index contributed by atoms with van der Waals surface area (Å²) in [6.07, 6.45) is 1.63. The van der Waals surface area contributed by atoms with Crippen LogP contribution < -0.4 is 0 Å². The first kappa shape index (κ1) is 11.5. The summed E-state index contributed by atoms with van der Waals surface area (Å²) in [4.78, 5) is 0. The lowest BCUT2D eigenvalue weighted by atomic mass is 10.1. The highest BCUT2D eigenvalue weighted by molar-refractivity contribution is 9.10. The highest BCUT2D eigenvalue weighted by Crippen LogP contribution is 2.19. The molecule has 76 valence electrons. The van der Waals surface area contributed by atoms with Crippen molar-refractivity contribution in [2.45, 2.75) is 26.9 Å². The normalized spacial score (nSPS) is 14.2. The number of rotatable bonds is 2. The van der Waals surface area contributed by atoms with Gasteiger partial charge in [0, 0.05) is 4.47 Å². The molecular formula is C12H15BrO. The summed E-state index contributed by atoms with van der Waals surface area (Å²) in [7, 11) is 0. The van der Waals surface area contributed by atoms with Crippen molar-refractivity contribution in [2.24, 2.45) is 0 Å². The zero-order valence-corrected chi connectivity index (χ0v) is 10.3. The van der Waals surface area contributed by atoms with Crippen molar-refractivity contribution < 1.29 is 5.11 Å².